The van der Waals surface area contributed by atoms with Crippen LogP contribution in [0, 0.1) is 18.7 Å². The van der Waals surface area contributed by atoms with Crippen LogP contribution in [0.3, 0.4) is 0 Å². The fourth-order valence-corrected chi connectivity index (χ4v) is 6.40. The number of fused-ring (bicyclic) bond motifs is 2. The summed E-state index contributed by atoms with van der Waals surface area (Å²) in [5.74, 6) is -0.187. The Labute approximate surface area is 207 Å². The standard InChI is InChI=1S/C27H28FN5OS/c1-17-24-25(33(31-17)21-13-11-20(28)12-14-21)30-27(35-24)32-15-5-8-19(16-32)26(34)29-23-10-4-7-18-6-2-3-9-22(18)23/h2-3,6,9,11-14,19,23H,4-5,7-8,10,15-16H2,1H3,(H,29,34)/t19-,23+/m1/s1. The zero-order valence-corrected chi connectivity index (χ0v) is 20.5. The molecule has 4 aromatic rings. The van der Waals surface area contributed by atoms with Crippen molar-refractivity contribution in [2.24, 2.45) is 5.92 Å². The van der Waals surface area contributed by atoms with Gasteiger partial charge in [0, 0.05) is 13.1 Å². The van der Waals surface area contributed by atoms with E-state index in [-0.39, 0.29) is 23.7 Å². The third-order valence-electron chi connectivity index (χ3n) is 7.20. The number of halogens is 1. The Morgan fingerprint density at radius 3 is 2.80 bits per heavy atom. The lowest BCUT2D eigenvalue weighted by Gasteiger charge is -2.33. The van der Waals surface area contributed by atoms with Gasteiger partial charge in [0.1, 0.15) is 5.82 Å². The molecule has 2 aliphatic rings. The molecule has 0 unspecified atom stereocenters. The molecule has 0 saturated carbocycles. The van der Waals surface area contributed by atoms with E-state index < -0.39 is 0 Å². The molecular weight excluding hydrogens is 461 g/mol. The molecule has 6 rings (SSSR count). The summed E-state index contributed by atoms with van der Waals surface area (Å²) in [6.07, 6.45) is 5.04. The molecule has 6 nitrogen and oxygen atoms in total. The van der Waals surface area contributed by atoms with Gasteiger partial charge in [-0.05, 0) is 74.4 Å². The van der Waals surface area contributed by atoms with Crippen molar-refractivity contribution in [3.8, 4) is 5.69 Å². The van der Waals surface area contributed by atoms with Crippen LogP contribution < -0.4 is 10.2 Å². The second kappa shape index (κ2) is 9.07. The summed E-state index contributed by atoms with van der Waals surface area (Å²) in [7, 11) is 0. The molecule has 1 fully saturated rings. The van der Waals surface area contributed by atoms with E-state index in [2.05, 4.69) is 39.6 Å². The molecular formula is C27H28FN5OS. The number of hydrogen-bond donors (Lipinski definition) is 1. The number of benzene rings is 2. The van der Waals surface area contributed by atoms with Crippen LogP contribution in [0.2, 0.25) is 0 Å². The molecule has 2 atom stereocenters. The zero-order valence-electron chi connectivity index (χ0n) is 19.7. The SMILES string of the molecule is Cc1nn(-c2ccc(F)cc2)c2nc(N3CCC[C@@H](C(=O)N[C@H]4CCCc5ccccc54)C3)sc12. The van der Waals surface area contributed by atoms with E-state index in [1.165, 1.54) is 23.3 Å². The molecule has 180 valence electrons. The molecule has 3 heterocycles. The maximum absolute atomic E-state index is 13.4. The summed E-state index contributed by atoms with van der Waals surface area (Å²) in [4.78, 5) is 20.4. The van der Waals surface area contributed by atoms with E-state index in [1.807, 2.05) is 6.92 Å². The number of amides is 1. The average Bonchev–Trinajstić information content (AvgIpc) is 3.45. The first kappa shape index (κ1) is 22.2. The van der Waals surface area contributed by atoms with Crippen molar-refractivity contribution in [2.75, 3.05) is 18.0 Å². The summed E-state index contributed by atoms with van der Waals surface area (Å²) in [5.41, 5.74) is 5.08. The first-order valence-corrected chi connectivity index (χ1v) is 13.1. The van der Waals surface area contributed by atoms with Crippen molar-refractivity contribution in [1.29, 1.82) is 0 Å². The lowest BCUT2D eigenvalue weighted by molar-refractivity contribution is -0.126. The topological polar surface area (TPSA) is 63.1 Å². The third kappa shape index (κ3) is 4.20. The number of aromatic nitrogens is 3. The van der Waals surface area contributed by atoms with Crippen molar-refractivity contribution in [1.82, 2.24) is 20.1 Å². The molecule has 1 aliphatic heterocycles. The Kier molecular flexibility index (Phi) is 5.76. The molecule has 8 heteroatoms. The number of nitrogens with zero attached hydrogens (tertiary/aromatic N) is 4. The van der Waals surface area contributed by atoms with Crippen molar-refractivity contribution in [3.05, 3.63) is 71.2 Å². The van der Waals surface area contributed by atoms with E-state index in [0.717, 1.165) is 65.5 Å². The van der Waals surface area contributed by atoms with Gasteiger partial charge in [-0.1, -0.05) is 35.6 Å². The highest BCUT2D eigenvalue weighted by molar-refractivity contribution is 7.22. The highest BCUT2D eigenvalue weighted by Crippen LogP contribution is 2.35. The maximum atomic E-state index is 13.4. The van der Waals surface area contributed by atoms with Gasteiger partial charge in [0.25, 0.3) is 0 Å². The Morgan fingerprint density at radius 1 is 1.11 bits per heavy atom. The Balaban J connectivity index is 1.21. The third-order valence-corrected chi connectivity index (χ3v) is 8.41. The van der Waals surface area contributed by atoms with E-state index in [0.29, 0.717) is 6.54 Å². The number of thiazole rings is 1. The molecule has 0 spiro atoms. The lowest BCUT2D eigenvalue weighted by Crippen LogP contribution is -2.44. The van der Waals surface area contributed by atoms with Gasteiger partial charge in [-0.2, -0.15) is 10.1 Å². The summed E-state index contributed by atoms with van der Waals surface area (Å²) in [6, 6.07) is 14.9. The van der Waals surface area contributed by atoms with Crippen molar-refractivity contribution in [2.45, 2.75) is 45.1 Å². The maximum Gasteiger partial charge on any atom is 0.225 e. The fraction of sp³-hybridized carbons (Fsp3) is 0.370. The van der Waals surface area contributed by atoms with Crippen LogP contribution in [0.4, 0.5) is 9.52 Å². The van der Waals surface area contributed by atoms with E-state index in [4.69, 9.17) is 4.98 Å². The number of hydrogen-bond acceptors (Lipinski definition) is 5. The average molecular weight is 490 g/mol. The van der Waals surface area contributed by atoms with E-state index >= 15 is 0 Å². The first-order valence-electron chi connectivity index (χ1n) is 12.3. The van der Waals surface area contributed by atoms with Crippen LogP contribution in [0.15, 0.2) is 48.5 Å². The Hall–Kier alpha value is -3.26. The molecule has 0 radical (unpaired) electrons. The van der Waals surface area contributed by atoms with Gasteiger partial charge in [-0.15, -0.1) is 0 Å². The molecule has 1 N–H and O–H groups in total. The number of aryl methyl sites for hydroxylation is 2. The fourth-order valence-electron chi connectivity index (χ4n) is 5.38. The van der Waals surface area contributed by atoms with Gasteiger partial charge in [0.05, 0.1) is 28.0 Å². The first-order chi connectivity index (χ1) is 17.1. The summed E-state index contributed by atoms with van der Waals surface area (Å²) in [6.45, 7) is 3.52. The van der Waals surface area contributed by atoms with Gasteiger partial charge in [-0.3, -0.25) is 4.79 Å². The number of nitrogens with one attached hydrogen (secondary N) is 1. The van der Waals surface area contributed by atoms with Crippen LogP contribution in [0.25, 0.3) is 16.0 Å². The zero-order chi connectivity index (χ0) is 23.9. The van der Waals surface area contributed by atoms with Crippen molar-refractivity contribution in [3.63, 3.8) is 0 Å². The number of piperidine rings is 1. The van der Waals surface area contributed by atoms with Gasteiger partial charge >= 0.3 is 0 Å². The largest absolute Gasteiger partial charge is 0.349 e. The van der Waals surface area contributed by atoms with Gasteiger partial charge in [-0.25, -0.2) is 9.07 Å². The molecule has 35 heavy (non-hydrogen) atoms. The smallest absolute Gasteiger partial charge is 0.225 e. The van der Waals surface area contributed by atoms with Crippen LogP contribution in [-0.2, 0) is 11.2 Å². The number of rotatable bonds is 4. The minimum Gasteiger partial charge on any atom is -0.349 e. The Bertz CT molecular complexity index is 1380. The number of carbonyl (C=O) groups excluding carboxylic acids is 1. The van der Waals surface area contributed by atoms with E-state index in [1.54, 1.807) is 28.2 Å². The monoisotopic (exact) mass is 489 g/mol. The Morgan fingerprint density at radius 2 is 1.94 bits per heavy atom. The summed E-state index contributed by atoms with van der Waals surface area (Å²) < 4.78 is 16.2. The van der Waals surface area contributed by atoms with Crippen molar-refractivity contribution >= 4 is 32.7 Å². The quantitative estimate of drug-likeness (QED) is 0.420. The highest BCUT2D eigenvalue weighted by atomic mass is 32.1. The second-order valence-electron chi connectivity index (χ2n) is 9.56. The minimum absolute atomic E-state index is 0.0560. The normalized spacial score (nSPS) is 20.1. The van der Waals surface area contributed by atoms with Crippen LogP contribution in [0.5, 0.6) is 0 Å². The molecule has 0 bridgehead atoms. The molecule has 1 amide bonds. The highest BCUT2D eigenvalue weighted by Gasteiger charge is 2.31. The van der Waals surface area contributed by atoms with Crippen LogP contribution in [-0.4, -0.2) is 33.8 Å². The molecule has 2 aromatic heterocycles. The van der Waals surface area contributed by atoms with Gasteiger partial charge < -0.3 is 10.2 Å². The minimum atomic E-state index is -0.276. The number of anilines is 1. The van der Waals surface area contributed by atoms with Crippen LogP contribution in [0.1, 0.15) is 48.5 Å². The summed E-state index contributed by atoms with van der Waals surface area (Å²) >= 11 is 1.61. The van der Waals surface area contributed by atoms with E-state index in [9.17, 15) is 9.18 Å². The number of carbonyl (C=O) groups is 1. The second-order valence-corrected chi connectivity index (χ2v) is 10.5. The van der Waals surface area contributed by atoms with Crippen LogP contribution >= 0.6 is 11.3 Å². The van der Waals surface area contributed by atoms with Gasteiger partial charge in [0.2, 0.25) is 5.91 Å². The molecule has 2 aromatic carbocycles. The summed E-state index contributed by atoms with van der Waals surface area (Å²) in [5, 5.41) is 8.89. The predicted molar refractivity (Wildman–Crippen MR) is 137 cm³/mol. The molecule has 1 saturated heterocycles. The van der Waals surface area contributed by atoms with Gasteiger partial charge in [0.15, 0.2) is 10.8 Å². The predicted octanol–water partition coefficient (Wildman–Crippen LogP) is 5.34. The molecule has 1 aliphatic carbocycles. The van der Waals surface area contributed by atoms with Crippen molar-refractivity contribution < 1.29 is 9.18 Å². The lowest BCUT2D eigenvalue weighted by atomic mass is 9.87.